The van der Waals surface area contributed by atoms with Crippen molar-refractivity contribution in [3.8, 4) is 6.07 Å². The van der Waals surface area contributed by atoms with E-state index in [1.54, 1.807) is 17.4 Å². The summed E-state index contributed by atoms with van der Waals surface area (Å²) in [4.78, 5) is 2.54. The van der Waals surface area contributed by atoms with E-state index in [1.165, 1.54) is 9.75 Å². The van der Waals surface area contributed by atoms with Gasteiger partial charge in [-0.15, -0.1) is 11.3 Å². The van der Waals surface area contributed by atoms with Crippen LogP contribution in [0.3, 0.4) is 0 Å². The number of hydrogen-bond donors (Lipinski definition) is 1. The molecule has 0 aliphatic heterocycles. The first-order valence-electron chi connectivity index (χ1n) is 4.03. The molecule has 0 fully saturated rings. The molecule has 0 aliphatic rings. The van der Waals surface area contributed by atoms with Crippen LogP contribution in [0, 0.1) is 25.2 Å². The third kappa shape index (κ3) is 2.41. The van der Waals surface area contributed by atoms with E-state index in [1.807, 2.05) is 26.0 Å². The van der Waals surface area contributed by atoms with E-state index in [9.17, 15) is 0 Å². The van der Waals surface area contributed by atoms with Crippen LogP contribution in [0.5, 0.6) is 0 Å². The molecule has 1 aromatic rings. The van der Waals surface area contributed by atoms with Crippen LogP contribution < -0.4 is 5.73 Å². The predicted molar refractivity (Wildman–Crippen MR) is 64.2 cm³/mol. The number of nitrogens with two attached hydrogens (primary N) is 1. The second kappa shape index (κ2) is 4.36. The fraction of sp³-hybridized carbons (Fsp3) is 0.200. The Balaban J connectivity index is 3.14. The van der Waals surface area contributed by atoms with Crippen molar-refractivity contribution < 1.29 is 0 Å². The van der Waals surface area contributed by atoms with E-state index in [0.717, 1.165) is 5.56 Å². The lowest BCUT2D eigenvalue weighted by Gasteiger charge is -1.94. The highest BCUT2D eigenvalue weighted by atomic mass is 32.1. The summed E-state index contributed by atoms with van der Waals surface area (Å²) in [5.41, 5.74) is 6.78. The molecule has 1 aromatic heterocycles. The fourth-order valence-electron chi connectivity index (χ4n) is 1.11. The van der Waals surface area contributed by atoms with Crippen LogP contribution in [0.25, 0.3) is 6.08 Å². The Bertz CT molecular complexity index is 435. The Hall–Kier alpha value is -1.18. The molecule has 0 aliphatic carbocycles. The van der Waals surface area contributed by atoms with Crippen molar-refractivity contribution in [2.45, 2.75) is 13.8 Å². The van der Waals surface area contributed by atoms with Gasteiger partial charge in [0.2, 0.25) is 0 Å². The summed E-state index contributed by atoms with van der Waals surface area (Å²) in [7, 11) is 0. The highest BCUT2D eigenvalue weighted by Gasteiger charge is 2.03. The van der Waals surface area contributed by atoms with Crippen molar-refractivity contribution in [3.05, 3.63) is 27.0 Å². The summed E-state index contributed by atoms with van der Waals surface area (Å²) in [6.07, 6.45) is 1.74. The lowest BCUT2D eigenvalue weighted by Crippen LogP contribution is -2.09. The van der Waals surface area contributed by atoms with Crippen molar-refractivity contribution in [2.75, 3.05) is 0 Å². The lowest BCUT2D eigenvalue weighted by atomic mass is 10.1. The van der Waals surface area contributed by atoms with Crippen LogP contribution in [0.2, 0.25) is 0 Å². The first-order chi connectivity index (χ1) is 6.54. The van der Waals surface area contributed by atoms with Gasteiger partial charge in [-0.1, -0.05) is 12.2 Å². The minimum Gasteiger partial charge on any atom is -0.389 e. The number of nitrogens with zero attached hydrogens (tertiary/aromatic N) is 1. The summed E-state index contributed by atoms with van der Waals surface area (Å²) < 4.78 is 0. The minimum absolute atomic E-state index is 0.149. The molecule has 14 heavy (non-hydrogen) atoms. The molecule has 0 bridgehead atoms. The van der Waals surface area contributed by atoms with Crippen LogP contribution in [0.15, 0.2) is 11.6 Å². The fourth-order valence-corrected chi connectivity index (χ4v) is 2.12. The molecular weight excluding hydrogens is 212 g/mol. The summed E-state index contributed by atoms with van der Waals surface area (Å²) in [5.74, 6) is 0. The van der Waals surface area contributed by atoms with Gasteiger partial charge in [-0.25, -0.2) is 0 Å². The van der Waals surface area contributed by atoms with E-state index in [2.05, 4.69) is 0 Å². The van der Waals surface area contributed by atoms with Gasteiger partial charge in [0.1, 0.15) is 11.1 Å². The summed E-state index contributed by atoms with van der Waals surface area (Å²) in [6, 6.07) is 4.01. The minimum atomic E-state index is 0.149. The Morgan fingerprint density at radius 3 is 2.64 bits per heavy atom. The van der Waals surface area contributed by atoms with Crippen molar-refractivity contribution in [2.24, 2.45) is 5.73 Å². The van der Waals surface area contributed by atoms with E-state index in [-0.39, 0.29) is 4.99 Å². The molecule has 2 N–H and O–H groups in total. The first kappa shape index (κ1) is 10.9. The summed E-state index contributed by atoms with van der Waals surface area (Å²) >= 11 is 6.45. The van der Waals surface area contributed by atoms with Gasteiger partial charge in [-0.3, -0.25) is 0 Å². The van der Waals surface area contributed by atoms with Crippen LogP contribution in [0.1, 0.15) is 15.3 Å². The van der Waals surface area contributed by atoms with Crippen molar-refractivity contribution >= 4 is 34.6 Å². The SMILES string of the molecule is Cc1cc(C=C(C#N)C(N)=S)c(C)s1. The number of thiocarbonyl (C=S) groups is 1. The normalized spacial score (nSPS) is 11.1. The zero-order valence-electron chi connectivity index (χ0n) is 8.00. The Kier molecular flexibility index (Phi) is 3.39. The molecule has 0 atom stereocenters. The molecule has 72 valence electrons. The highest BCUT2D eigenvalue weighted by molar-refractivity contribution is 7.80. The maximum absolute atomic E-state index is 8.77. The van der Waals surface area contributed by atoms with Crippen LogP contribution >= 0.6 is 23.6 Å². The van der Waals surface area contributed by atoms with Gasteiger partial charge >= 0.3 is 0 Å². The number of thiophene rings is 1. The monoisotopic (exact) mass is 222 g/mol. The summed E-state index contributed by atoms with van der Waals surface area (Å²) in [6.45, 7) is 4.04. The number of aryl methyl sites for hydroxylation is 2. The smallest absolute Gasteiger partial charge is 0.114 e. The zero-order chi connectivity index (χ0) is 10.7. The molecule has 2 nitrogen and oxygen atoms in total. The molecule has 0 aromatic carbocycles. The standard InChI is InChI=1S/C10H10N2S2/c1-6-3-8(7(2)14-6)4-9(5-11)10(12)13/h3-4H,1-2H3,(H2,12,13). The molecule has 0 spiro atoms. The van der Waals surface area contributed by atoms with E-state index in [4.69, 9.17) is 23.2 Å². The molecule has 0 saturated carbocycles. The maximum Gasteiger partial charge on any atom is 0.114 e. The molecule has 0 saturated heterocycles. The van der Waals surface area contributed by atoms with Gasteiger partial charge in [0.15, 0.2) is 0 Å². The maximum atomic E-state index is 8.77. The van der Waals surface area contributed by atoms with Gasteiger partial charge in [0.05, 0.1) is 5.57 Å². The molecular formula is C10H10N2S2. The van der Waals surface area contributed by atoms with Crippen molar-refractivity contribution in [1.29, 1.82) is 5.26 Å². The van der Waals surface area contributed by atoms with E-state index in [0.29, 0.717) is 5.57 Å². The van der Waals surface area contributed by atoms with E-state index >= 15 is 0 Å². The number of hydrogen-bond acceptors (Lipinski definition) is 3. The van der Waals surface area contributed by atoms with E-state index < -0.39 is 0 Å². The molecule has 4 heteroatoms. The molecule has 1 heterocycles. The molecule has 0 unspecified atom stereocenters. The van der Waals surface area contributed by atoms with Crippen LogP contribution in [-0.2, 0) is 0 Å². The second-order valence-corrected chi connectivity index (χ2v) is 4.80. The van der Waals surface area contributed by atoms with Crippen LogP contribution in [0.4, 0.5) is 0 Å². The van der Waals surface area contributed by atoms with Crippen molar-refractivity contribution in [3.63, 3.8) is 0 Å². The van der Waals surface area contributed by atoms with Gasteiger partial charge < -0.3 is 5.73 Å². The van der Waals surface area contributed by atoms with Crippen molar-refractivity contribution in [1.82, 2.24) is 0 Å². The van der Waals surface area contributed by atoms with Gasteiger partial charge in [-0.05, 0) is 31.6 Å². The van der Waals surface area contributed by atoms with Crippen LogP contribution in [-0.4, -0.2) is 4.99 Å². The Morgan fingerprint density at radius 2 is 2.29 bits per heavy atom. The summed E-state index contributed by atoms with van der Waals surface area (Å²) in [5, 5.41) is 8.77. The van der Waals surface area contributed by atoms with Gasteiger partial charge in [0, 0.05) is 9.75 Å². The topological polar surface area (TPSA) is 49.8 Å². The highest BCUT2D eigenvalue weighted by Crippen LogP contribution is 2.22. The zero-order valence-corrected chi connectivity index (χ0v) is 9.63. The third-order valence-corrected chi connectivity index (χ3v) is 2.97. The Morgan fingerprint density at radius 1 is 1.64 bits per heavy atom. The average Bonchev–Trinajstić information content (AvgIpc) is 2.40. The molecule has 0 radical (unpaired) electrons. The average molecular weight is 222 g/mol. The van der Waals surface area contributed by atoms with Gasteiger partial charge in [-0.2, -0.15) is 5.26 Å². The molecule has 0 amide bonds. The third-order valence-electron chi connectivity index (χ3n) is 1.77. The largest absolute Gasteiger partial charge is 0.389 e. The quantitative estimate of drug-likeness (QED) is 0.475. The second-order valence-electron chi connectivity index (χ2n) is 2.90. The van der Waals surface area contributed by atoms with Gasteiger partial charge in [0.25, 0.3) is 0 Å². The lowest BCUT2D eigenvalue weighted by molar-refractivity contribution is 1.51. The molecule has 1 rings (SSSR count). The Labute approximate surface area is 92.7 Å². The first-order valence-corrected chi connectivity index (χ1v) is 5.25. The number of nitriles is 1. The number of rotatable bonds is 2. The predicted octanol–water partition coefficient (Wildman–Crippen LogP) is 2.56.